The summed E-state index contributed by atoms with van der Waals surface area (Å²) in [6.45, 7) is 1.89. The van der Waals surface area contributed by atoms with Crippen LogP contribution < -0.4 is 4.18 Å². The fourth-order valence-corrected chi connectivity index (χ4v) is 3.15. The molecule has 0 aliphatic carbocycles. The van der Waals surface area contributed by atoms with Crippen LogP contribution in [-0.2, 0) is 10.1 Å². The van der Waals surface area contributed by atoms with Crippen molar-refractivity contribution >= 4 is 32.6 Å². The second-order valence-corrected chi connectivity index (χ2v) is 6.80. The molecule has 0 unspecified atom stereocenters. The third-order valence-corrected chi connectivity index (χ3v) is 4.66. The largest absolute Gasteiger partial charge is 0.378 e. The van der Waals surface area contributed by atoms with Gasteiger partial charge in [-0.1, -0.05) is 29.3 Å². The highest BCUT2D eigenvalue weighted by molar-refractivity contribution is 7.87. The molecule has 1 aromatic heterocycles. The summed E-state index contributed by atoms with van der Waals surface area (Å²) in [5.41, 5.74) is 1.55. The molecule has 0 N–H and O–H groups in total. The first kappa shape index (κ1) is 14.8. The average Bonchev–Trinajstić information content (AvgIpc) is 2.47. The zero-order chi connectivity index (χ0) is 15.7. The van der Waals surface area contributed by atoms with E-state index < -0.39 is 10.1 Å². The minimum atomic E-state index is -3.89. The summed E-state index contributed by atoms with van der Waals surface area (Å²) in [4.78, 5) is 4.27. The van der Waals surface area contributed by atoms with Crippen molar-refractivity contribution in [1.82, 2.24) is 4.98 Å². The molecule has 0 saturated carbocycles. The van der Waals surface area contributed by atoms with Crippen LogP contribution in [0.2, 0.25) is 5.02 Å². The maximum Gasteiger partial charge on any atom is 0.339 e. The predicted octanol–water partition coefficient (Wildman–Crippen LogP) is 3.96. The van der Waals surface area contributed by atoms with Crippen LogP contribution in [-0.4, -0.2) is 13.4 Å². The van der Waals surface area contributed by atoms with Crippen molar-refractivity contribution in [2.24, 2.45) is 0 Å². The molecule has 0 amide bonds. The first-order valence-corrected chi connectivity index (χ1v) is 8.30. The standard InChI is InChI=1S/C16H12ClNO3S/c1-11-2-5-13(6-3-11)22(19,20)21-16-8-9-18-15-10-12(17)4-7-14(15)16/h2-10H,1H3. The van der Waals surface area contributed by atoms with Crippen molar-refractivity contribution < 1.29 is 12.6 Å². The summed E-state index contributed by atoms with van der Waals surface area (Å²) in [6, 6.07) is 13.0. The molecule has 0 bridgehead atoms. The van der Waals surface area contributed by atoms with Gasteiger partial charge in [0, 0.05) is 22.7 Å². The quantitative estimate of drug-likeness (QED) is 0.681. The van der Waals surface area contributed by atoms with Crippen LogP contribution in [0.3, 0.4) is 0 Å². The summed E-state index contributed by atoms with van der Waals surface area (Å²) in [5.74, 6) is 0.224. The summed E-state index contributed by atoms with van der Waals surface area (Å²) in [6.07, 6.45) is 1.48. The van der Waals surface area contributed by atoms with E-state index in [1.165, 1.54) is 24.4 Å². The Kier molecular flexibility index (Phi) is 3.76. The van der Waals surface area contributed by atoms with E-state index in [1.54, 1.807) is 30.3 Å². The van der Waals surface area contributed by atoms with Crippen LogP contribution in [0.4, 0.5) is 0 Å². The summed E-state index contributed by atoms with van der Waals surface area (Å²) in [5, 5.41) is 1.11. The molecular formula is C16H12ClNO3S. The van der Waals surface area contributed by atoms with Gasteiger partial charge < -0.3 is 4.18 Å². The Balaban J connectivity index is 2.04. The van der Waals surface area contributed by atoms with E-state index in [0.717, 1.165) is 5.56 Å². The van der Waals surface area contributed by atoms with Gasteiger partial charge in [0.1, 0.15) is 4.90 Å². The van der Waals surface area contributed by atoms with E-state index in [4.69, 9.17) is 15.8 Å². The number of fused-ring (bicyclic) bond motifs is 1. The molecule has 4 nitrogen and oxygen atoms in total. The number of hydrogen-bond donors (Lipinski definition) is 0. The van der Waals surface area contributed by atoms with E-state index in [-0.39, 0.29) is 10.6 Å². The molecule has 3 rings (SSSR count). The minimum absolute atomic E-state index is 0.108. The van der Waals surface area contributed by atoms with Crippen molar-refractivity contribution in [2.75, 3.05) is 0 Å². The smallest absolute Gasteiger partial charge is 0.339 e. The Labute approximate surface area is 133 Å². The van der Waals surface area contributed by atoms with Gasteiger partial charge in [0.2, 0.25) is 0 Å². The zero-order valence-electron chi connectivity index (χ0n) is 11.7. The molecule has 0 aliphatic heterocycles. The average molecular weight is 334 g/mol. The van der Waals surface area contributed by atoms with Crippen LogP contribution >= 0.6 is 11.6 Å². The Morgan fingerprint density at radius 2 is 1.77 bits per heavy atom. The number of aromatic nitrogens is 1. The number of benzene rings is 2. The lowest BCUT2D eigenvalue weighted by Gasteiger charge is -2.09. The van der Waals surface area contributed by atoms with E-state index in [2.05, 4.69) is 4.98 Å². The maximum atomic E-state index is 12.4. The van der Waals surface area contributed by atoms with Crippen molar-refractivity contribution in [2.45, 2.75) is 11.8 Å². The van der Waals surface area contributed by atoms with Crippen LogP contribution in [0.25, 0.3) is 10.9 Å². The van der Waals surface area contributed by atoms with Crippen molar-refractivity contribution in [3.8, 4) is 5.75 Å². The number of nitrogens with zero attached hydrogens (tertiary/aromatic N) is 1. The number of rotatable bonds is 3. The zero-order valence-corrected chi connectivity index (χ0v) is 13.2. The topological polar surface area (TPSA) is 56.3 Å². The lowest BCUT2D eigenvalue weighted by molar-refractivity contribution is 0.488. The monoisotopic (exact) mass is 333 g/mol. The predicted molar refractivity (Wildman–Crippen MR) is 85.7 cm³/mol. The fraction of sp³-hybridized carbons (Fsp3) is 0.0625. The summed E-state index contributed by atoms with van der Waals surface area (Å²) < 4.78 is 30.0. The molecule has 0 saturated heterocycles. The lowest BCUT2D eigenvalue weighted by atomic mass is 10.2. The Hall–Kier alpha value is -2.11. The van der Waals surface area contributed by atoms with Gasteiger partial charge in [0.05, 0.1) is 5.52 Å². The number of aryl methyl sites for hydroxylation is 1. The van der Waals surface area contributed by atoms with Gasteiger partial charge in [0.15, 0.2) is 5.75 Å². The van der Waals surface area contributed by atoms with E-state index in [1.807, 2.05) is 6.92 Å². The number of hydrogen-bond acceptors (Lipinski definition) is 4. The minimum Gasteiger partial charge on any atom is -0.378 e. The third-order valence-electron chi connectivity index (χ3n) is 3.17. The van der Waals surface area contributed by atoms with Crippen LogP contribution in [0.1, 0.15) is 5.56 Å². The van der Waals surface area contributed by atoms with Gasteiger partial charge in [-0.25, -0.2) is 0 Å². The van der Waals surface area contributed by atoms with Gasteiger partial charge >= 0.3 is 10.1 Å². The SMILES string of the molecule is Cc1ccc(S(=O)(=O)Oc2ccnc3cc(Cl)ccc23)cc1. The van der Waals surface area contributed by atoms with Crippen molar-refractivity contribution in [3.05, 3.63) is 65.3 Å². The Morgan fingerprint density at radius 3 is 2.50 bits per heavy atom. The van der Waals surface area contributed by atoms with E-state index in [0.29, 0.717) is 15.9 Å². The molecular weight excluding hydrogens is 322 g/mol. The summed E-state index contributed by atoms with van der Waals surface area (Å²) >= 11 is 5.92. The van der Waals surface area contributed by atoms with Crippen LogP contribution in [0.5, 0.6) is 5.75 Å². The molecule has 6 heteroatoms. The van der Waals surface area contributed by atoms with Crippen LogP contribution in [0, 0.1) is 6.92 Å². The molecule has 1 heterocycles. The second-order valence-electron chi connectivity index (χ2n) is 4.82. The van der Waals surface area contributed by atoms with Gasteiger partial charge in [-0.3, -0.25) is 4.98 Å². The third kappa shape index (κ3) is 2.91. The van der Waals surface area contributed by atoms with Gasteiger partial charge in [-0.15, -0.1) is 0 Å². The van der Waals surface area contributed by atoms with Gasteiger partial charge in [-0.2, -0.15) is 8.42 Å². The highest BCUT2D eigenvalue weighted by Gasteiger charge is 2.18. The lowest BCUT2D eigenvalue weighted by Crippen LogP contribution is -2.10. The molecule has 0 spiro atoms. The number of halogens is 1. The van der Waals surface area contributed by atoms with Crippen LogP contribution in [0.15, 0.2) is 59.6 Å². The molecule has 0 aliphatic rings. The number of pyridine rings is 1. The van der Waals surface area contributed by atoms with E-state index in [9.17, 15) is 8.42 Å². The van der Waals surface area contributed by atoms with E-state index >= 15 is 0 Å². The highest BCUT2D eigenvalue weighted by atomic mass is 35.5. The summed E-state index contributed by atoms with van der Waals surface area (Å²) in [7, 11) is -3.89. The molecule has 3 aromatic rings. The first-order valence-electron chi connectivity index (χ1n) is 6.51. The first-order chi connectivity index (χ1) is 10.5. The Bertz CT molecular complexity index is 937. The van der Waals surface area contributed by atoms with Crippen molar-refractivity contribution in [1.29, 1.82) is 0 Å². The molecule has 2 aromatic carbocycles. The highest BCUT2D eigenvalue weighted by Crippen LogP contribution is 2.28. The fourth-order valence-electron chi connectivity index (χ4n) is 2.04. The Morgan fingerprint density at radius 1 is 1.05 bits per heavy atom. The second kappa shape index (κ2) is 5.59. The molecule has 0 atom stereocenters. The molecule has 0 radical (unpaired) electrons. The van der Waals surface area contributed by atoms with Gasteiger partial charge in [-0.05, 0) is 37.3 Å². The molecule has 22 heavy (non-hydrogen) atoms. The van der Waals surface area contributed by atoms with Crippen molar-refractivity contribution in [3.63, 3.8) is 0 Å². The van der Waals surface area contributed by atoms with Gasteiger partial charge in [0.25, 0.3) is 0 Å². The normalized spacial score (nSPS) is 11.5. The maximum absolute atomic E-state index is 12.4. The molecule has 112 valence electrons. The molecule has 0 fully saturated rings.